The molecule has 0 saturated carbocycles. The molecular weight excluding hydrogens is 733 g/mol. The molecule has 60 heavy (non-hydrogen) atoms. The third-order valence-corrected chi connectivity index (χ3v) is 12.4. The van der Waals surface area contributed by atoms with E-state index in [0.717, 1.165) is 85.4 Å². The van der Waals surface area contributed by atoms with E-state index in [1.54, 1.807) is 0 Å². The van der Waals surface area contributed by atoms with Crippen LogP contribution in [-0.2, 0) is 12.8 Å². The van der Waals surface area contributed by atoms with E-state index in [-0.39, 0.29) is 0 Å². The van der Waals surface area contributed by atoms with Gasteiger partial charge in [-0.15, -0.1) is 0 Å². The molecule has 0 aliphatic heterocycles. The summed E-state index contributed by atoms with van der Waals surface area (Å²) in [7, 11) is 0. The number of hydrogen-bond donors (Lipinski definition) is 0. The Morgan fingerprint density at radius 1 is 0.483 bits per heavy atom. The van der Waals surface area contributed by atoms with Gasteiger partial charge in [0.15, 0.2) is 17.5 Å². The summed E-state index contributed by atoms with van der Waals surface area (Å²) in [6.45, 7) is 0. The van der Waals surface area contributed by atoms with Crippen molar-refractivity contribution in [3.63, 3.8) is 0 Å². The molecule has 5 heteroatoms. The summed E-state index contributed by atoms with van der Waals surface area (Å²) in [4.78, 5) is 15.7. The van der Waals surface area contributed by atoms with Crippen molar-refractivity contribution in [2.75, 3.05) is 0 Å². The van der Waals surface area contributed by atoms with Crippen LogP contribution in [-0.4, -0.2) is 19.5 Å². The zero-order chi connectivity index (χ0) is 39.6. The van der Waals surface area contributed by atoms with Gasteiger partial charge in [0.2, 0.25) is 0 Å². The fourth-order valence-electron chi connectivity index (χ4n) is 9.54. The minimum Gasteiger partial charge on any atom is -0.455 e. The van der Waals surface area contributed by atoms with E-state index < -0.39 is 0 Å². The maximum absolute atomic E-state index is 6.85. The lowest BCUT2D eigenvalue weighted by Gasteiger charge is -2.25. The average Bonchev–Trinajstić information content (AvgIpc) is 3.86. The molecular formula is C55H38N4O. The van der Waals surface area contributed by atoms with Crippen molar-refractivity contribution in [1.29, 1.82) is 0 Å². The van der Waals surface area contributed by atoms with Crippen LogP contribution in [0.3, 0.4) is 0 Å². The van der Waals surface area contributed by atoms with Crippen molar-refractivity contribution in [2.45, 2.75) is 25.2 Å². The van der Waals surface area contributed by atoms with E-state index >= 15 is 0 Å². The Labute approximate surface area is 347 Å². The largest absolute Gasteiger partial charge is 0.455 e. The number of rotatable bonds is 5. The van der Waals surface area contributed by atoms with Crippen LogP contribution in [0.4, 0.5) is 0 Å². The van der Waals surface area contributed by atoms with E-state index in [1.165, 1.54) is 27.8 Å². The molecule has 12 rings (SSSR count). The van der Waals surface area contributed by atoms with Gasteiger partial charge in [0, 0.05) is 38.5 Å². The molecule has 8 aromatic carbocycles. The lowest BCUT2D eigenvalue weighted by molar-refractivity contribution is 0.618. The van der Waals surface area contributed by atoms with Gasteiger partial charge in [0.25, 0.3) is 0 Å². The smallest absolute Gasteiger partial charge is 0.166 e. The molecule has 5 nitrogen and oxygen atoms in total. The van der Waals surface area contributed by atoms with Crippen molar-refractivity contribution >= 4 is 43.7 Å². The zero-order valence-corrected chi connectivity index (χ0v) is 32.8. The molecule has 0 amide bonds. The summed E-state index contributed by atoms with van der Waals surface area (Å²) in [5.74, 6) is 2.30. The number of hydrogen-bond acceptors (Lipinski definition) is 4. The van der Waals surface area contributed by atoms with E-state index in [9.17, 15) is 0 Å². The Hall–Kier alpha value is -7.63. The second kappa shape index (κ2) is 14.0. The van der Waals surface area contributed by atoms with Crippen LogP contribution >= 0.6 is 0 Å². The quantitative estimate of drug-likeness (QED) is 0.175. The molecule has 1 aliphatic rings. The highest BCUT2D eigenvalue weighted by Gasteiger charge is 2.26. The van der Waals surface area contributed by atoms with Gasteiger partial charge < -0.3 is 8.98 Å². The summed E-state index contributed by atoms with van der Waals surface area (Å²) >= 11 is 0. The van der Waals surface area contributed by atoms with Crippen molar-refractivity contribution in [1.82, 2.24) is 19.5 Å². The Bertz CT molecular complexity index is 3350. The summed E-state index contributed by atoms with van der Waals surface area (Å²) in [5.41, 5.74) is 14.4. The standard InChI is InChI=1S/C55H38N4O/c1-4-16-35(17-5-1)39-29-28-36-30-31-41(33-45(36)42-23-11-10-22-40(42)32-39)59-48-26-14-12-25-44(48)50-51(59)47(34-46-43-24-13-15-27-49(43)60-52(46)50)55-57-53(37-18-6-2-7-19-37)56-54(58-55)38-20-8-3-9-21-38/h1-27,30-31,33-34,39H,28-29,32H2. The van der Waals surface area contributed by atoms with Gasteiger partial charge in [0.1, 0.15) is 11.2 Å². The number of furan rings is 1. The average molecular weight is 771 g/mol. The van der Waals surface area contributed by atoms with Gasteiger partial charge in [-0.25, -0.2) is 15.0 Å². The van der Waals surface area contributed by atoms with Crippen molar-refractivity contribution in [3.05, 3.63) is 205 Å². The first kappa shape index (κ1) is 34.4. The van der Waals surface area contributed by atoms with Crippen molar-refractivity contribution in [3.8, 4) is 51.0 Å². The number of aromatic nitrogens is 4. The monoisotopic (exact) mass is 770 g/mol. The minimum atomic E-state index is 0.452. The Balaban J connectivity index is 1.16. The summed E-state index contributed by atoms with van der Waals surface area (Å²) in [6.07, 6.45) is 3.08. The molecule has 0 N–H and O–H groups in total. The maximum atomic E-state index is 6.85. The third-order valence-electron chi connectivity index (χ3n) is 12.4. The van der Waals surface area contributed by atoms with Gasteiger partial charge in [0.05, 0.1) is 16.4 Å². The van der Waals surface area contributed by atoms with Gasteiger partial charge in [-0.1, -0.05) is 158 Å². The fourth-order valence-corrected chi connectivity index (χ4v) is 9.54. The van der Waals surface area contributed by atoms with E-state index in [1.807, 2.05) is 42.5 Å². The van der Waals surface area contributed by atoms with Crippen LogP contribution in [0.1, 0.15) is 29.0 Å². The number of nitrogens with zero attached hydrogens (tertiary/aromatic N) is 4. The maximum Gasteiger partial charge on any atom is 0.166 e. The topological polar surface area (TPSA) is 56.7 Å². The molecule has 11 aromatic rings. The second-order valence-corrected chi connectivity index (χ2v) is 15.9. The highest BCUT2D eigenvalue weighted by molar-refractivity contribution is 6.27. The first-order valence-electron chi connectivity index (χ1n) is 20.8. The van der Waals surface area contributed by atoms with Gasteiger partial charge in [-0.2, -0.15) is 0 Å². The van der Waals surface area contributed by atoms with Crippen LogP contribution in [0.15, 0.2) is 192 Å². The van der Waals surface area contributed by atoms with Crippen LogP contribution in [0, 0.1) is 0 Å². The fraction of sp³-hybridized carbons (Fsp3) is 0.0727. The lowest BCUT2D eigenvalue weighted by atomic mass is 9.80. The predicted molar refractivity (Wildman–Crippen MR) is 244 cm³/mol. The third kappa shape index (κ3) is 5.65. The zero-order valence-electron chi connectivity index (χ0n) is 32.8. The predicted octanol–water partition coefficient (Wildman–Crippen LogP) is 13.8. The van der Waals surface area contributed by atoms with Crippen LogP contribution in [0.5, 0.6) is 0 Å². The Morgan fingerprint density at radius 2 is 1.12 bits per heavy atom. The Kier molecular flexibility index (Phi) is 8.05. The molecule has 1 atom stereocenters. The van der Waals surface area contributed by atoms with E-state index in [4.69, 9.17) is 19.4 Å². The van der Waals surface area contributed by atoms with E-state index in [2.05, 4.69) is 150 Å². The first-order chi connectivity index (χ1) is 29.7. The molecule has 1 aliphatic carbocycles. The minimum absolute atomic E-state index is 0.452. The molecule has 0 radical (unpaired) electrons. The summed E-state index contributed by atoms with van der Waals surface area (Å²) in [6, 6.07) is 66.7. The lowest BCUT2D eigenvalue weighted by Crippen LogP contribution is -2.10. The SMILES string of the molecule is c1ccc(-c2nc(-c3ccccc3)nc(-c3cc4c5ccccc5oc4c4c5ccccc5n(-c5ccc6c(c5)-c5ccccc5CC(c5ccccc5)CC6)c34)n2)cc1. The molecule has 3 aromatic heterocycles. The summed E-state index contributed by atoms with van der Waals surface area (Å²) in [5, 5.41) is 4.23. The molecule has 0 spiro atoms. The Morgan fingerprint density at radius 3 is 1.88 bits per heavy atom. The molecule has 3 heterocycles. The highest BCUT2D eigenvalue weighted by Crippen LogP contribution is 2.46. The van der Waals surface area contributed by atoms with Crippen LogP contribution in [0.25, 0.3) is 94.7 Å². The van der Waals surface area contributed by atoms with Crippen molar-refractivity contribution < 1.29 is 4.42 Å². The number of aryl methyl sites for hydroxylation is 1. The van der Waals surface area contributed by atoms with Crippen LogP contribution < -0.4 is 0 Å². The van der Waals surface area contributed by atoms with Gasteiger partial charge >= 0.3 is 0 Å². The molecule has 1 unspecified atom stereocenters. The highest BCUT2D eigenvalue weighted by atomic mass is 16.3. The number of para-hydroxylation sites is 2. The summed E-state index contributed by atoms with van der Waals surface area (Å²) < 4.78 is 9.26. The molecule has 0 bridgehead atoms. The van der Waals surface area contributed by atoms with Gasteiger partial charge in [-0.05, 0) is 83.3 Å². The first-order valence-corrected chi connectivity index (χ1v) is 20.8. The number of benzene rings is 8. The normalized spacial score (nSPS) is 14.0. The van der Waals surface area contributed by atoms with Crippen molar-refractivity contribution in [2.24, 2.45) is 0 Å². The molecule has 0 fully saturated rings. The second-order valence-electron chi connectivity index (χ2n) is 15.9. The molecule has 0 saturated heterocycles. The number of fused-ring (bicyclic) bond motifs is 10. The molecule has 284 valence electrons. The van der Waals surface area contributed by atoms with Crippen LogP contribution in [0.2, 0.25) is 0 Å². The van der Waals surface area contributed by atoms with E-state index in [0.29, 0.717) is 23.4 Å². The van der Waals surface area contributed by atoms with Gasteiger partial charge in [-0.3, -0.25) is 0 Å².